The first-order valence-electron chi connectivity index (χ1n) is 4.18. The van der Waals surface area contributed by atoms with E-state index in [1.54, 1.807) is 4.90 Å². The molecule has 1 rings (SSSR count). The van der Waals surface area contributed by atoms with Crippen molar-refractivity contribution in [1.29, 1.82) is 5.26 Å². The van der Waals surface area contributed by atoms with Gasteiger partial charge in [0.15, 0.2) is 0 Å². The van der Waals surface area contributed by atoms with Crippen LogP contribution in [0, 0.1) is 22.7 Å². The predicted molar refractivity (Wildman–Crippen MR) is 45.1 cm³/mol. The Bertz CT molecular complexity index is 233. The molecule has 0 saturated carbocycles. The molecule has 0 aromatic carbocycles. The van der Waals surface area contributed by atoms with E-state index in [0.717, 1.165) is 0 Å². The number of likely N-dealkylation sites (tertiary alicyclic amines) is 1. The minimum atomic E-state index is -0.287. The first-order chi connectivity index (χ1) is 5.48. The van der Waals surface area contributed by atoms with Crippen LogP contribution in [0.25, 0.3) is 0 Å². The lowest BCUT2D eigenvalue weighted by Crippen LogP contribution is -2.57. The normalized spacial score (nSPS) is 20.1. The van der Waals surface area contributed by atoms with Crippen molar-refractivity contribution in [2.45, 2.75) is 20.8 Å². The maximum absolute atomic E-state index is 11.3. The van der Waals surface area contributed by atoms with Crippen LogP contribution in [0.2, 0.25) is 0 Å². The lowest BCUT2D eigenvalue weighted by atomic mass is 9.83. The molecule has 0 bridgehead atoms. The van der Waals surface area contributed by atoms with Gasteiger partial charge in [-0.15, -0.1) is 0 Å². The van der Waals surface area contributed by atoms with E-state index < -0.39 is 0 Å². The summed E-state index contributed by atoms with van der Waals surface area (Å²) >= 11 is 0. The van der Waals surface area contributed by atoms with Crippen LogP contribution in [0.1, 0.15) is 20.8 Å². The van der Waals surface area contributed by atoms with Crippen molar-refractivity contribution < 1.29 is 4.79 Å². The first-order valence-corrected chi connectivity index (χ1v) is 4.18. The van der Waals surface area contributed by atoms with Crippen molar-refractivity contribution >= 4 is 5.91 Å². The van der Waals surface area contributed by atoms with Gasteiger partial charge < -0.3 is 4.90 Å². The van der Waals surface area contributed by atoms with Gasteiger partial charge in [-0.1, -0.05) is 13.8 Å². The summed E-state index contributed by atoms with van der Waals surface area (Å²) in [7, 11) is 0. The Morgan fingerprint density at radius 3 is 2.42 bits per heavy atom. The number of carbonyl (C=O) groups is 1. The molecule has 12 heavy (non-hydrogen) atoms. The van der Waals surface area contributed by atoms with Crippen LogP contribution in [0.15, 0.2) is 0 Å². The third-order valence-electron chi connectivity index (χ3n) is 2.16. The number of carbonyl (C=O) groups excluding carboxylic acids is 1. The monoisotopic (exact) mass is 166 g/mol. The zero-order chi connectivity index (χ0) is 9.35. The van der Waals surface area contributed by atoms with Crippen molar-refractivity contribution in [3.05, 3.63) is 0 Å². The Labute approximate surface area is 73.0 Å². The van der Waals surface area contributed by atoms with E-state index in [-0.39, 0.29) is 17.2 Å². The number of hydrogen-bond donors (Lipinski definition) is 0. The van der Waals surface area contributed by atoms with Gasteiger partial charge in [-0.2, -0.15) is 5.26 Å². The largest absolute Gasteiger partial charge is 0.339 e. The average molecular weight is 166 g/mol. The van der Waals surface area contributed by atoms with Crippen molar-refractivity contribution in [3.63, 3.8) is 0 Å². The highest BCUT2D eigenvalue weighted by Crippen LogP contribution is 2.29. The SMILES string of the molecule is CC(C)C(=O)N1CC(C)(C#N)C1. The summed E-state index contributed by atoms with van der Waals surface area (Å²) in [5.41, 5.74) is -0.287. The summed E-state index contributed by atoms with van der Waals surface area (Å²) in [4.78, 5) is 13.1. The lowest BCUT2D eigenvalue weighted by molar-refractivity contribution is -0.143. The Morgan fingerprint density at radius 2 is 2.08 bits per heavy atom. The summed E-state index contributed by atoms with van der Waals surface area (Å²) < 4.78 is 0. The van der Waals surface area contributed by atoms with E-state index in [0.29, 0.717) is 13.1 Å². The molecule has 0 aromatic heterocycles. The maximum Gasteiger partial charge on any atom is 0.225 e. The fraction of sp³-hybridized carbons (Fsp3) is 0.778. The molecule has 66 valence electrons. The van der Waals surface area contributed by atoms with Gasteiger partial charge in [-0.25, -0.2) is 0 Å². The third kappa shape index (κ3) is 1.42. The van der Waals surface area contributed by atoms with Gasteiger partial charge in [0.05, 0.1) is 11.5 Å². The van der Waals surface area contributed by atoms with Gasteiger partial charge in [0.25, 0.3) is 0 Å². The minimum Gasteiger partial charge on any atom is -0.339 e. The van der Waals surface area contributed by atoms with E-state index in [9.17, 15) is 4.79 Å². The van der Waals surface area contributed by atoms with E-state index in [4.69, 9.17) is 5.26 Å². The highest BCUT2D eigenvalue weighted by atomic mass is 16.2. The highest BCUT2D eigenvalue weighted by molar-refractivity contribution is 5.79. The molecule has 0 N–H and O–H groups in total. The van der Waals surface area contributed by atoms with E-state index in [1.807, 2.05) is 20.8 Å². The Hall–Kier alpha value is -1.04. The standard InChI is InChI=1S/C9H14N2O/c1-7(2)8(12)11-5-9(3,4-10)6-11/h7H,5-6H2,1-3H3. The van der Waals surface area contributed by atoms with Gasteiger partial charge in [0.2, 0.25) is 5.91 Å². The number of nitrogens with zero attached hydrogens (tertiary/aromatic N) is 2. The first kappa shape index (κ1) is 9.05. The summed E-state index contributed by atoms with van der Waals surface area (Å²) in [6.07, 6.45) is 0. The van der Waals surface area contributed by atoms with E-state index in [2.05, 4.69) is 6.07 Å². The van der Waals surface area contributed by atoms with Crippen LogP contribution >= 0.6 is 0 Å². The van der Waals surface area contributed by atoms with Crippen molar-refractivity contribution in [2.24, 2.45) is 11.3 Å². The fourth-order valence-corrected chi connectivity index (χ4v) is 1.39. The third-order valence-corrected chi connectivity index (χ3v) is 2.16. The highest BCUT2D eigenvalue weighted by Gasteiger charge is 2.41. The van der Waals surface area contributed by atoms with Crippen molar-refractivity contribution in [1.82, 2.24) is 4.90 Å². The molecule has 1 aliphatic rings. The zero-order valence-electron chi connectivity index (χ0n) is 7.79. The van der Waals surface area contributed by atoms with Crippen LogP contribution in [0.3, 0.4) is 0 Å². The molecule has 0 unspecified atom stereocenters. The van der Waals surface area contributed by atoms with Gasteiger partial charge in [0, 0.05) is 19.0 Å². The Kier molecular flexibility index (Phi) is 2.10. The molecular weight excluding hydrogens is 152 g/mol. The van der Waals surface area contributed by atoms with Crippen LogP contribution in [-0.2, 0) is 4.79 Å². The lowest BCUT2D eigenvalue weighted by Gasteiger charge is -2.44. The second-order valence-electron chi connectivity index (χ2n) is 4.02. The molecule has 1 saturated heterocycles. The molecule has 0 aliphatic carbocycles. The summed E-state index contributed by atoms with van der Waals surface area (Å²) in [5, 5.41) is 8.70. The second-order valence-corrected chi connectivity index (χ2v) is 4.02. The smallest absolute Gasteiger partial charge is 0.225 e. The van der Waals surface area contributed by atoms with E-state index in [1.165, 1.54) is 0 Å². The summed E-state index contributed by atoms with van der Waals surface area (Å²) in [5.74, 6) is 0.205. The van der Waals surface area contributed by atoms with Gasteiger partial charge in [0.1, 0.15) is 0 Å². The molecule has 1 heterocycles. The molecule has 0 radical (unpaired) electrons. The molecular formula is C9H14N2O. The molecule has 1 amide bonds. The average Bonchev–Trinajstić information content (AvgIpc) is 1.97. The molecule has 0 atom stereocenters. The minimum absolute atomic E-state index is 0.0493. The van der Waals surface area contributed by atoms with E-state index >= 15 is 0 Å². The maximum atomic E-state index is 11.3. The van der Waals surface area contributed by atoms with Gasteiger partial charge >= 0.3 is 0 Å². The zero-order valence-corrected chi connectivity index (χ0v) is 7.79. The van der Waals surface area contributed by atoms with Crippen LogP contribution in [0.5, 0.6) is 0 Å². The summed E-state index contributed by atoms with van der Waals surface area (Å²) in [6, 6.07) is 2.21. The van der Waals surface area contributed by atoms with Crippen LogP contribution in [-0.4, -0.2) is 23.9 Å². The van der Waals surface area contributed by atoms with Crippen molar-refractivity contribution in [3.8, 4) is 6.07 Å². The topological polar surface area (TPSA) is 44.1 Å². The van der Waals surface area contributed by atoms with Crippen LogP contribution in [0.4, 0.5) is 0 Å². The Morgan fingerprint density at radius 1 is 1.58 bits per heavy atom. The fourth-order valence-electron chi connectivity index (χ4n) is 1.39. The number of nitriles is 1. The van der Waals surface area contributed by atoms with Crippen molar-refractivity contribution in [2.75, 3.05) is 13.1 Å². The molecule has 0 aromatic rings. The van der Waals surface area contributed by atoms with Gasteiger partial charge in [-0.3, -0.25) is 4.79 Å². The molecule has 1 fully saturated rings. The van der Waals surface area contributed by atoms with Crippen LogP contribution < -0.4 is 0 Å². The quantitative estimate of drug-likeness (QED) is 0.583. The molecule has 0 spiro atoms. The number of hydrogen-bond acceptors (Lipinski definition) is 2. The number of amides is 1. The molecule has 3 nitrogen and oxygen atoms in total. The number of rotatable bonds is 1. The predicted octanol–water partition coefficient (Wildman–Crippen LogP) is 1.01. The molecule has 1 aliphatic heterocycles. The Balaban J connectivity index is 2.46. The van der Waals surface area contributed by atoms with Gasteiger partial charge in [-0.05, 0) is 6.92 Å². The second kappa shape index (κ2) is 2.78. The summed E-state index contributed by atoms with van der Waals surface area (Å²) in [6.45, 7) is 6.84. The molecule has 3 heteroatoms.